The topological polar surface area (TPSA) is 30.0 Å². The lowest BCUT2D eigenvalue weighted by atomic mass is 9.89. The monoisotopic (exact) mass is 237 g/mol. The van der Waals surface area contributed by atoms with E-state index in [0.29, 0.717) is 5.56 Å². The van der Waals surface area contributed by atoms with Gasteiger partial charge in [-0.3, -0.25) is 9.78 Å². The molecule has 2 nitrogen and oxygen atoms in total. The Balaban J connectivity index is 1.95. The Morgan fingerprint density at radius 3 is 2.61 bits per heavy atom. The van der Waals surface area contributed by atoms with Crippen LogP contribution in [0.3, 0.4) is 0 Å². The van der Waals surface area contributed by atoms with Crippen LogP contribution in [0.1, 0.15) is 39.9 Å². The Labute approximate surface area is 107 Å². The van der Waals surface area contributed by atoms with Crippen molar-refractivity contribution in [3.63, 3.8) is 0 Å². The van der Waals surface area contributed by atoms with Crippen molar-refractivity contribution in [2.45, 2.75) is 25.7 Å². The second-order valence-electron chi connectivity index (χ2n) is 4.76. The van der Waals surface area contributed by atoms with E-state index in [1.165, 1.54) is 24.0 Å². The summed E-state index contributed by atoms with van der Waals surface area (Å²) in [4.78, 5) is 16.3. The third-order valence-electron chi connectivity index (χ3n) is 3.53. The number of fused-ring (bicyclic) bond motifs is 1. The molecule has 1 heterocycles. The molecular weight excluding hydrogens is 222 g/mol. The molecular formula is C16H15NO. The van der Waals surface area contributed by atoms with Crippen molar-refractivity contribution < 1.29 is 4.79 Å². The molecule has 0 bridgehead atoms. The molecule has 0 spiro atoms. The number of carbonyl (C=O) groups excluding carboxylic acids is 1. The maximum Gasteiger partial charge on any atom is 0.194 e. The van der Waals surface area contributed by atoms with E-state index in [0.717, 1.165) is 18.4 Å². The number of carbonyl (C=O) groups is 1. The maximum atomic E-state index is 12.3. The Bertz CT molecular complexity index is 575. The minimum Gasteiger partial charge on any atom is -0.289 e. The van der Waals surface area contributed by atoms with Crippen molar-refractivity contribution >= 4 is 5.78 Å². The van der Waals surface area contributed by atoms with Gasteiger partial charge in [-0.25, -0.2) is 0 Å². The molecule has 1 aromatic carbocycles. The minimum atomic E-state index is 0.0662. The Kier molecular flexibility index (Phi) is 2.93. The molecule has 0 atom stereocenters. The third kappa shape index (κ3) is 2.06. The maximum absolute atomic E-state index is 12.3. The second kappa shape index (κ2) is 4.73. The number of pyridine rings is 1. The number of nitrogens with zero attached hydrogens (tertiary/aromatic N) is 1. The van der Waals surface area contributed by atoms with Crippen LogP contribution in [-0.4, -0.2) is 10.8 Å². The fraction of sp³-hybridized carbons (Fsp3) is 0.250. The summed E-state index contributed by atoms with van der Waals surface area (Å²) in [5.41, 5.74) is 4.19. The van der Waals surface area contributed by atoms with E-state index in [4.69, 9.17) is 0 Å². The minimum absolute atomic E-state index is 0.0662. The lowest BCUT2D eigenvalue weighted by Crippen LogP contribution is -2.07. The van der Waals surface area contributed by atoms with E-state index >= 15 is 0 Å². The zero-order chi connectivity index (χ0) is 12.4. The average molecular weight is 237 g/mol. The van der Waals surface area contributed by atoms with E-state index in [1.54, 1.807) is 18.5 Å². The molecule has 90 valence electrons. The molecule has 2 aromatic rings. The van der Waals surface area contributed by atoms with Gasteiger partial charge in [-0.15, -0.1) is 0 Å². The molecule has 1 aliphatic carbocycles. The molecule has 0 aliphatic heterocycles. The van der Waals surface area contributed by atoms with Crippen molar-refractivity contribution in [2.24, 2.45) is 0 Å². The Hall–Kier alpha value is -1.96. The van der Waals surface area contributed by atoms with Crippen molar-refractivity contribution in [2.75, 3.05) is 0 Å². The van der Waals surface area contributed by atoms with Gasteiger partial charge in [0, 0.05) is 23.5 Å². The van der Waals surface area contributed by atoms with Crippen molar-refractivity contribution in [1.82, 2.24) is 4.98 Å². The number of ketones is 1. The lowest BCUT2D eigenvalue weighted by Gasteiger charge is -2.16. The molecule has 18 heavy (non-hydrogen) atoms. The van der Waals surface area contributed by atoms with Gasteiger partial charge >= 0.3 is 0 Å². The number of benzene rings is 1. The van der Waals surface area contributed by atoms with Gasteiger partial charge < -0.3 is 0 Å². The first kappa shape index (κ1) is 11.1. The van der Waals surface area contributed by atoms with Crippen LogP contribution in [-0.2, 0) is 12.8 Å². The summed E-state index contributed by atoms with van der Waals surface area (Å²) in [5, 5.41) is 0. The van der Waals surface area contributed by atoms with Crippen LogP contribution in [0.4, 0.5) is 0 Å². The molecule has 3 rings (SSSR count). The predicted molar refractivity (Wildman–Crippen MR) is 70.8 cm³/mol. The first-order valence-electron chi connectivity index (χ1n) is 6.41. The summed E-state index contributed by atoms with van der Waals surface area (Å²) >= 11 is 0. The zero-order valence-electron chi connectivity index (χ0n) is 10.2. The predicted octanol–water partition coefficient (Wildman–Crippen LogP) is 3.19. The summed E-state index contributed by atoms with van der Waals surface area (Å²) in [6.45, 7) is 0. The molecule has 0 unspecified atom stereocenters. The van der Waals surface area contributed by atoms with Crippen LogP contribution in [0, 0.1) is 0 Å². The fourth-order valence-corrected chi connectivity index (χ4v) is 2.54. The van der Waals surface area contributed by atoms with E-state index in [-0.39, 0.29) is 5.78 Å². The zero-order valence-corrected chi connectivity index (χ0v) is 10.2. The second-order valence-corrected chi connectivity index (χ2v) is 4.76. The molecule has 1 aliphatic rings. The summed E-state index contributed by atoms with van der Waals surface area (Å²) in [5.74, 6) is 0.0662. The first-order valence-corrected chi connectivity index (χ1v) is 6.41. The van der Waals surface area contributed by atoms with E-state index in [1.807, 2.05) is 12.1 Å². The SMILES string of the molecule is O=C(c1cccnc1)c1ccc2c(c1)CCCC2. The van der Waals surface area contributed by atoms with E-state index in [2.05, 4.69) is 17.1 Å². The van der Waals surface area contributed by atoms with Gasteiger partial charge in [0.1, 0.15) is 0 Å². The Morgan fingerprint density at radius 2 is 1.83 bits per heavy atom. The highest BCUT2D eigenvalue weighted by atomic mass is 16.1. The lowest BCUT2D eigenvalue weighted by molar-refractivity contribution is 0.103. The molecule has 0 fully saturated rings. The highest BCUT2D eigenvalue weighted by Crippen LogP contribution is 2.23. The largest absolute Gasteiger partial charge is 0.289 e. The van der Waals surface area contributed by atoms with E-state index in [9.17, 15) is 4.79 Å². The molecule has 0 saturated heterocycles. The van der Waals surface area contributed by atoms with Gasteiger partial charge in [-0.2, -0.15) is 0 Å². The average Bonchev–Trinajstić information content (AvgIpc) is 2.47. The molecule has 1 aromatic heterocycles. The van der Waals surface area contributed by atoms with Crippen molar-refractivity contribution in [3.05, 3.63) is 65.0 Å². The van der Waals surface area contributed by atoms with Crippen LogP contribution in [0.5, 0.6) is 0 Å². The van der Waals surface area contributed by atoms with Gasteiger partial charge in [-0.1, -0.05) is 12.1 Å². The number of aryl methyl sites for hydroxylation is 2. The van der Waals surface area contributed by atoms with E-state index < -0.39 is 0 Å². The van der Waals surface area contributed by atoms with Gasteiger partial charge in [-0.05, 0) is 55.0 Å². The quantitative estimate of drug-likeness (QED) is 0.751. The standard InChI is InChI=1S/C16H15NO/c18-16(15-6-3-9-17-11-15)14-8-7-12-4-1-2-5-13(12)10-14/h3,6-11H,1-2,4-5H2. The van der Waals surface area contributed by atoms with Gasteiger partial charge in [0.25, 0.3) is 0 Å². The number of hydrogen-bond acceptors (Lipinski definition) is 2. The highest BCUT2D eigenvalue weighted by molar-refractivity contribution is 6.08. The molecule has 2 heteroatoms. The summed E-state index contributed by atoms with van der Waals surface area (Å²) in [6.07, 6.45) is 8.06. The summed E-state index contributed by atoms with van der Waals surface area (Å²) in [7, 11) is 0. The smallest absolute Gasteiger partial charge is 0.194 e. The normalized spacial score (nSPS) is 14.0. The molecule has 0 saturated carbocycles. The van der Waals surface area contributed by atoms with Crippen LogP contribution in [0.15, 0.2) is 42.7 Å². The number of rotatable bonds is 2. The summed E-state index contributed by atoms with van der Waals surface area (Å²) in [6, 6.07) is 9.72. The van der Waals surface area contributed by atoms with Gasteiger partial charge in [0.05, 0.1) is 0 Å². The first-order chi connectivity index (χ1) is 8.84. The molecule has 0 radical (unpaired) electrons. The summed E-state index contributed by atoms with van der Waals surface area (Å²) < 4.78 is 0. The molecule has 0 amide bonds. The number of hydrogen-bond donors (Lipinski definition) is 0. The Morgan fingerprint density at radius 1 is 1.00 bits per heavy atom. The highest BCUT2D eigenvalue weighted by Gasteiger charge is 2.14. The van der Waals surface area contributed by atoms with Crippen LogP contribution in [0.2, 0.25) is 0 Å². The van der Waals surface area contributed by atoms with Crippen LogP contribution < -0.4 is 0 Å². The van der Waals surface area contributed by atoms with Crippen molar-refractivity contribution in [3.8, 4) is 0 Å². The molecule has 0 N–H and O–H groups in total. The van der Waals surface area contributed by atoms with Crippen molar-refractivity contribution in [1.29, 1.82) is 0 Å². The fourth-order valence-electron chi connectivity index (χ4n) is 2.54. The van der Waals surface area contributed by atoms with Gasteiger partial charge in [0.2, 0.25) is 0 Å². The number of aromatic nitrogens is 1. The van der Waals surface area contributed by atoms with Crippen LogP contribution >= 0.6 is 0 Å². The van der Waals surface area contributed by atoms with Crippen LogP contribution in [0.25, 0.3) is 0 Å². The van der Waals surface area contributed by atoms with Gasteiger partial charge in [0.15, 0.2) is 5.78 Å². The third-order valence-corrected chi connectivity index (χ3v) is 3.53.